The molecule has 1 saturated carbocycles. The first-order valence-electron chi connectivity index (χ1n) is 11.5. The first-order valence-corrected chi connectivity index (χ1v) is 11.9. The average Bonchev–Trinajstić information content (AvgIpc) is 3.59. The van der Waals surface area contributed by atoms with Crippen molar-refractivity contribution in [3.8, 4) is 0 Å². The van der Waals surface area contributed by atoms with Gasteiger partial charge in [0.1, 0.15) is 6.04 Å². The van der Waals surface area contributed by atoms with Crippen LogP contribution in [0.15, 0.2) is 48.5 Å². The van der Waals surface area contributed by atoms with Gasteiger partial charge in [-0.25, -0.2) is 4.79 Å². The van der Waals surface area contributed by atoms with Crippen LogP contribution >= 0.6 is 11.6 Å². The lowest BCUT2D eigenvalue weighted by molar-refractivity contribution is -0.146. The lowest BCUT2D eigenvalue weighted by atomic mass is 9.73. The van der Waals surface area contributed by atoms with Crippen molar-refractivity contribution >= 4 is 29.4 Å². The van der Waals surface area contributed by atoms with Crippen molar-refractivity contribution in [2.45, 2.75) is 44.8 Å². The Morgan fingerprint density at radius 3 is 2.26 bits per heavy atom. The number of benzene rings is 2. The average molecular weight is 485 g/mol. The van der Waals surface area contributed by atoms with Gasteiger partial charge in [-0.3, -0.25) is 9.59 Å². The fraction of sp³-hybridized carbons (Fsp3) is 0.423. The molecule has 3 N–H and O–H groups in total. The molecule has 8 heteroatoms. The van der Waals surface area contributed by atoms with E-state index in [2.05, 4.69) is 5.32 Å². The molecular formula is C26H29ClN2O5. The molecule has 0 aromatic heterocycles. The summed E-state index contributed by atoms with van der Waals surface area (Å²) in [6, 6.07) is 12.2. The van der Waals surface area contributed by atoms with Gasteiger partial charge in [-0.2, -0.15) is 0 Å². The van der Waals surface area contributed by atoms with Gasteiger partial charge in [0, 0.05) is 29.1 Å². The van der Waals surface area contributed by atoms with Gasteiger partial charge >= 0.3 is 5.97 Å². The van der Waals surface area contributed by atoms with E-state index in [-0.39, 0.29) is 23.0 Å². The van der Waals surface area contributed by atoms with Crippen molar-refractivity contribution in [3.63, 3.8) is 0 Å². The minimum absolute atomic E-state index is 0.00765. The summed E-state index contributed by atoms with van der Waals surface area (Å²) in [5, 5.41) is 24.2. The molecular weight excluding hydrogens is 456 g/mol. The van der Waals surface area contributed by atoms with Crippen LogP contribution < -0.4 is 5.32 Å². The topological polar surface area (TPSA) is 107 Å². The van der Waals surface area contributed by atoms with Gasteiger partial charge in [0.2, 0.25) is 5.91 Å². The number of rotatable bonds is 6. The molecule has 1 aliphatic carbocycles. The molecule has 4 rings (SSSR count). The number of aliphatic hydroxyl groups is 1. The molecule has 0 bridgehead atoms. The molecule has 2 aromatic rings. The van der Waals surface area contributed by atoms with Crippen LogP contribution in [-0.2, 0) is 10.4 Å². The first-order chi connectivity index (χ1) is 16.1. The van der Waals surface area contributed by atoms with Crippen LogP contribution in [-0.4, -0.2) is 52.0 Å². The maximum absolute atomic E-state index is 13.5. The Hall–Kier alpha value is -2.90. The van der Waals surface area contributed by atoms with Crippen LogP contribution in [0.3, 0.4) is 0 Å². The Kier molecular flexibility index (Phi) is 6.44. The van der Waals surface area contributed by atoms with E-state index in [1.54, 1.807) is 17.0 Å². The smallest absolute Gasteiger partial charge is 0.335 e. The number of halogens is 1. The number of nitrogens with zero attached hydrogens (tertiary/aromatic N) is 1. The second-order valence-electron chi connectivity index (χ2n) is 9.74. The summed E-state index contributed by atoms with van der Waals surface area (Å²) < 4.78 is 0. The highest BCUT2D eigenvalue weighted by molar-refractivity contribution is 6.30. The zero-order valence-corrected chi connectivity index (χ0v) is 20.0. The van der Waals surface area contributed by atoms with Gasteiger partial charge in [-0.1, -0.05) is 43.6 Å². The van der Waals surface area contributed by atoms with Crippen LogP contribution in [0.4, 0.5) is 0 Å². The maximum Gasteiger partial charge on any atom is 0.335 e. The van der Waals surface area contributed by atoms with Gasteiger partial charge in [0.05, 0.1) is 11.2 Å². The lowest BCUT2D eigenvalue weighted by Crippen LogP contribution is -2.58. The minimum Gasteiger partial charge on any atom is -0.478 e. The number of aromatic carboxylic acids is 1. The Morgan fingerprint density at radius 2 is 1.68 bits per heavy atom. The molecule has 180 valence electrons. The summed E-state index contributed by atoms with van der Waals surface area (Å²) >= 11 is 6.02. The number of carboxylic acid groups (broad SMARTS) is 1. The third kappa shape index (κ3) is 4.42. The summed E-state index contributed by atoms with van der Waals surface area (Å²) in [6.45, 7) is 4.50. The van der Waals surface area contributed by atoms with Gasteiger partial charge in [0.15, 0.2) is 0 Å². The van der Waals surface area contributed by atoms with Crippen molar-refractivity contribution < 1.29 is 24.6 Å². The molecule has 2 fully saturated rings. The van der Waals surface area contributed by atoms with Crippen molar-refractivity contribution in [2.75, 3.05) is 13.1 Å². The molecule has 2 amide bonds. The standard InChI is InChI=1S/C26H29ClN2O5/c1-16(2)21(28-22(30)17-4-3-5-18(14-17)24(32)33)23(31)29-13-12-26(34,25(15-29)10-11-25)19-6-8-20(27)9-7-19/h3-9,14,16,21,34H,10-13,15H2,1-2H3,(H,28,30)(H,32,33)/t21-,26?/m1/s1. The van der Waals surface area contributed by atoms with Crippen molar-refractivity contribution in [3.05, 3.63) is 70.2 Å². The Bertz CT molecular complexity index is 1110. The zero-order valence-electron chi connectivity index (χ0n) is 19.3. The minimum atomic E-state index is -1.12. The number of carbonyl (C=O) groups is 3. The molecule has 1 unspecified atom stereocenters. The maximum atomic E-state index is 13.5. The first kappa shape index (κ1) is 24.2. The molecule has 1 aliphatic heterocycles. The summed E-state index contributed by atoms with van der Waals surface area (Å²) in [5.41, 5.74) is -0.423. The van der Waals surface area contributed by atoms with Gasteiger partial charge in [-0.15, -0.1) is 0 Å². The van der Waals surface area contributed by atoms with E-state index < -0.39 is 28.9 Å². The number of piperidine rings is 1. The molecule has 0 radical (unpaired) electrons. The van der Waals surface area contributed by atoms with Crippen LogP contribution in [0.5, 0.6) is 0 Å². The quantitative estimate of drug-likeness (QED) is 0.579. The lowest BCUT2D eigenvalue weighted by Gasteiger charge is -2.46. The van der Waals surface area contributed by atoms with Crippen LogP contribution in [0.2, 0.25) is 5.02 Å². The predicted octanol–water partition coefficient (Wildman–Crippen LogP) is 3.69. The number of hydrogen-bond acceptors (Lipinski definition) is 4. The van der Waals surface area contributed by atoms with E-state index in [0.29, 0.717) is 24.5 Å². The number of carboxylic acids is 1. The monoisotopic (exact) mass is 484 g/mol. The largest absolute Gasteiger partial charge is 0.478 e. The van der Waals surface area contributed by atoms with Crippen LogP contribution in [0.25, 0.3) is 0 Å². The predicted molar refractivity (Wildman–Crippen MR) is 128 cm³/mol. The SMILES string of the molecule is CC(C)[C@@H](NC(=O)c1cccc(C(=O)O)c1)C(=O)N1CCC(O)(c2ccc(Cl)cc2)C2(CC2)C1. The fourth-order valence-corrected chi connectivity index (χ4v) is 5.08. The number of nitrogens with one attached hydrogen (secondary N) is 1. The highest BCUT2D eigenvalue weighted by Crippen LogP contribution is 2.62. The molecule has 1 spiro atoms. The highest BCUT2D eigenvalue weighted by Gasteiger charge is 2.62. The third-order valence-corrected chi connectivity index (χ3v) is 7.44. The Labute approximate surface area is 203 Å². The molecule has 2 aromatic carbocycles. The van der Waals surface area contributed by atoms with Gasteiger partial charge in [0.25, 0.3) is 5.91 Å². The number of likely N-dealkylation sites (tertiary alicyclic amines) is 1. The fourth-order valence-electron chi connectivity index (χ4n) is 4.95. The molecule has 1 saturated heterocycles. The van der Waals surface area contributed by atoms with Crippen molar-refractivity contribution in [1.29, 1.82) is 0 Å². The summed E-state index contributed by atoms with van der Waals surface area (Å²) in [5.74, 6) is -1.98. The molecule has 1 heterocycles. The van der Waals surface area contributed by atoms with E-state index in [1.807, 2.05) is 26.0 Å². The van der Waals surface area contributed by atoms with Gasteiger partial charge in [-0.05, 0) is 61.1 Å². The normalized spacial score (nSPS) is 21.9. The molecule has 2 atom stereocenters. The highest BCUT2D eigenvalue weighted by atomic mass is 35.5. The third-order valence-electron chi connectivity index (χ3n) is 7.19. The van der Waals surface area contributed by atoms with Crippen LogP contribution in [0.1, 0.15) is 59.4 Å². The zero-order chi connectivity index (χ0) is 24.7. The summed E-state index contributed by atoms with van der Waals surface area (Å²) in [7, 11) is 0. The van der Waals surface area contributed by atoms with E-state index >= 15 is 0 Å². The number of carbonyl (C=O) groups excluding carboxylic acids is 2. The van der Waals surface area contributed by atoms with E-state index in [1.165, 1.54) is 24.3 Å². The summed E-state index contributed by atoms with van der Waals surface area (Å²) in [4.78, 5) is 39.3. The number of hydrogen-bond donors (Lipinski definition) is 3. The summed E-state index contributed by atoms with van der Waals surface area (Å²) in [6.07, 6.45) is 2.03. The Morgan fingerprint density at radius 1 is 1.03 bits per heavy atom. The number of amides is 2. The Balaban J connectivity index is 1.50. The molecule has 34 heavy (non-hydrogen) atoms. The molecule has 7 nitrogen and oxygen atoms in total. The van der Waals surface area contributed by atoms with E-state index in [0.717, 1.165) is 18.4 Å². The van der Waals surface area contributed by atoms with Gasteiger partial charge < -0.3 is 20.4 Å². The second-order valence-corrected chi connectivity index (χ2v) is 10.2. The van der Waals surface area contributed by atoms with Crippen molar-refractivity contribution in [1.82, 2.24) is 10.2 Å². The van der Waals surface area contributed by atoms with Crippen LogP contribution in [0, 0.1) is 11.3 Å². The van der Waals surface area contributed by atoms with Crippen molar-refractivity contribution in [2.24, 2.45) is 11.3 Å². The van der Waals surface area contributed by atoms with E-state index in [9.17, 15) is 24.6 Å². The van der Waals surface area contributed by atoms with E-state index in [4.69, 9.17) is 11.6 Å². The second kappa shape index (κ2) is 9.04. The molecule has 2 aliphatic rings.